The van der Waals surface area contributed by atoms with E-state index in [1.807, 2.05) is 0 Å². The van der Waals surface area contributed by atoms with Gasteiger partial charge >= 0.3 is 0 Å². The second-order valence-corrected chi connectivity index (χ2v) is 5.89. The molecular formula is C16H23N. The Balaban J connectivity index is 1.79. The summed E-state index contributed by atoms with van der Waals surface area (Å²) >= 11 is 0. The van der Waals surface area contributed by atoms with E-state index in [1.54, 1.807) is 16.7 Å². The van der Waals surface area contributed by atoms with Gasteiger partial charge in [-0.15, -0.1) is 0 Å². The first-order valence-corrected chi connectivity index (χ1v) is 7.15. The summed E-state index contributed by atoms with van der Waals surface area (Å²) in [6, 6.07) is 7.26. The van der Waals surface area contributed by atoms with Crippen molar-refractivity contribution in [3.63, 3.8) is 0 Å². The maximum absolute atomic E-state index is 3.46. The van der Waals surface area contributed by atoms with Gasteiger partial charge in [0.2, 0.25) is 0 Å². The second kappa shape index (κ2) is 4.81. The minimum Gasteiger partial charge on any atom is -0.316 e. The SMILES string of the molecule is CC1CCCc2ccc(CC3CCNC3)cc21. The van der Waals surface area contributed by atoms with Gasteiger partial charge in [0.15, 0.2) is 0 Å². The second-order valence-electron chi connectivity index (χ2n) is 5.89. The van der Waals surface area contributed by atoms with Gasteiger partial charge in [0.05, 0.1) is 0 Å². The third-order valence-electron chi connectivity index (χ3n) is 4.51. The quantitative estimate of drug-likeness (QED) is 0.820. The number of hydrogen-bond donors (Lipinski definition) is 1. The molecule has 3 rings (SSSR count). The van der Waals surface area contributed by atoms with Crippen LogP contribution in [0.25, 0.3) is 0 Å². The summed E-state index contributed by atoms with van der Waals surface area (Å²) in [4.78, 5) is 0. The summed E-state index contributed by atoms with van der Waals surface area (Å²) in [5, 5.41) is 3.46. The molecule has 2 aliphatic rings. The minimum atomic E-state index is 0.778. The van der Waals surface area contributed by atoms with Crippen molar-refractivity contribution in [3.8, 4) is 0 Å². The normalized spacial score (nSPS) is 28.1. The fourth-order valence-corrected chi connectivity index (χ4v) is 3.43. The molecule has 1 saturated heterocycles. The van der Waals surface area contributed by atoms with Crippen molar-refractivity contribution in [2.24, 2.45) is 5.92 Å². The molecular weight excluding hydrogens is 206 g/mol. The van der Waals surface area contributed by atoms with Crippen molar-refractivity contribution >= 4 is 0 Å². The third-order valence-corrected chi connectivity index (χ3v) is 4.51. The van der Waals surface area contributed by atoms with Crippen molar-refractivity contribution < 1.29 is 0 Å². The van der Waals surface area contributed by atoms with Crippen LogP contribution in [0.1, 0.15) is 48.8 Å². The summed E-state index contributed by atoms with van der Waals surface area (Å²) in [5.74, 6) is 1.65. The molecule has 1 nitrogen and oxygen atoms in total. The van der Waals surface area contributed by atoms with Crippen molar-refractivity contribution in [1.29, 1.82) is 0 Å². The Morgan fingerprint density at radius 1 is 1.29 bits per heavy atom. The lowest BCUT2D eigenvalue weighted by Crippen LogP contribution is -2.12. The Kier molecular flexibility index (Phi) is 3.19. The van der Waals surface area contributed by atoms with Gasteiger partial charge in [0.25, 0.3) is 0 Å². The number of rotatable bonds is 2. The standard InChI is InChI=1S/C16H23N/c1-12-3-2-4-15-6-5-13(10-16(12)15)9-14-7-8-17-11-14/h5-6,10,12,14,17H,2-4,7-9,11H2,1H3. The van der Waals surface area contributed by atoms with Crippen molar-refractivity contribution in [2.45, 2.75) is 44.9 Å². The molecule has 0 bridgehead atoms. The molecule has 1 N–H and O–H groups in total. The van der Waals surface area contributed by atoms with Gasteiger partial charge in [-0.25, -0.2) is 0 Å². The summed E-state index contributed by atoms with van der Waals surface area (Å²) in [5.41, 5.74) is 4.81. The fraction of sp³-hybridized carbons (Fsp3) is 0.625. The van der Waals surface area contributed by atoms with Crippen LogP contribution in [0, 0.1) is 5.92 Å². The molecule has 1 aliphatic heterocycles. The van der Waals surface area contributed by atoms with Gasteiger partial charge < -0.3 is 5.32 Å². The lowest BCUT2D eigenvalue weighted by Gasteiger charge is -2.23. The zero-order valence-electron chi connectivity index (χ0n) is 10.8. The van der Waals surface area contributed by atoms with Gasteiger partial charge in [-0.05, 0) is 73.7 Å². The predicted octanol–water partition coefficient (Wildman–Crippen LogP) is 3.28. The van der Waals surface area contributed by atoms with Crippen LogP contribution in [0.15, 0.2) is 18.2 Å². The third kappa shape index (κ3) is 2.40. The average Bonchev–Trinajstić information content (AvgIpc) is 2.83. The Morgan fingerprint density at radius 3 is 3.06 bits per heavy atom. The Bertz CT molecular complexity index is 391. The minimum absolute atomic E-state index is 0.778. The number of aryl methyl sites for hydroxylation is 1. The number of nitrogens with one attached hydrogen (secondary N) is 1. The van der Waals surface area contributed by atoms with Gasteiger partial charge in [0.1, 0.15) is 0 Å². The smallest absolute Gasteiger partial charge is 0.00169 e. The van der Waals surface area contributed by atoms with E-state index in [9.17, 15) is 0 Å². The molecule has 1 heterocycles. The summed E-state index contributed by atoms with van der Waals surface area (Å²) < 4.78 is 0. The van der Waals surface area contributed by atoms with Gasteiger partial charge in [-0.1, -0.05) is 25.1 Å². The van der Waals surface area contributed by atoms with E-state index in [4.69, 9.17) is 0 Å². The fourth-order valence-electron chi connectivity index (χ4n) is 3.43. The lowest BCUT2D eigenvalue weighted by molar-refractivity contribution is 0.570. The zero-order valence-corrected chi connectivity index (χ0v) is 10.8. The van der Waals surface area contributed by atoms with Crippen molar-refractivity contribution in [1.82, 2.24) is 5.32 Å². The maximum atomic E-state index is 3.46. The van der Waals surface area contributed by atoms with Crippen molar-refractivity contribution in [3.05, 3.63) is 34.9 Å². The number of hydrogen-bond acceptors (Lipinski definition) is 1. The molecule has 2 unspecified atom stereocenters. The van der Waals surface area contributed by atoms with E-state index in [0.717, 1.165) is 11.8 Å². The Morgan fingerprint density at radius 2 is 2.24 bits per heavy atom. The first-order valence-electron chi connectivity index (χ1n) is 7.15. The monoisotopic (exact) mass is 229 g/mol. The van der Waals surface area contributed by atoms with E-state index in [0.29, 0.717) is 0 Å². The van der Waals surface area contributed by atoms with Crippen molar-refractivity contribution in [2.75, 3.05) is 13.1 Å². The van der Waals surface area contributed by atoms with Crippen LogP contribution in [-0.4, -0.2) is 13.1 Å². The molecule has 1 aromatic rings. The van der Waals surface area contributed by atoms with Crippen LogP contribution in [0.3, 0.4) is 0 Å². The predicted molar refractivity (Wildman–Crippen MR) is 72.5 cm³/mol. The van der Waals surface area contributed by atoms with Crippen LogP contribution in [0.2, 0.25) is 0 Å². The van der Waals surface area contributed by atoms with Crippen LogP contribution >= 0.6 is 0 Å². The van der Waals surface area contributed by atoms with E-state index >= 15 is 0 Å². The largest absolute Gasteiger partial charge is 0.316 e. The molecule has 0 spiro atoms. The molecule has 1 aromatic carbocycles. The summed E-state index contributed by atoms with van der Waals surface area (Å²) in [6.07, 6.45) is 6.67. The zero-order chi connectivity index (χ0) is 11.7. The van der Waals surface area contributed by atoms with Gasteiger partial charge in [-0.2, -0.15) is 0 Å². The van der Waals surface area contributed by atoms with E-state index in [-0.39, 0.29) is 0 Å². The van der Waals surface area contributed by atoms with Crippen LogP contribution in [-0.2, 0) is 12.8 Å². The molecule has 2 atom stereocenters. The first-order chi connectivity index (χ1) is 8.33. The Labute approximate surface area is 105 Å². The highest BCUT2D eigenvalue weighted by atomic mass is 14.9. The van der Waals surface area contributed by atoms with E-state index in [2.05, 4.69) is 30.4 Å². The molecule has 0 aromatic heterocycles. The molecule has 0 saturated carbocycles. The Hall–Kier alpha value is -0.820. The molecule has 0 radical (unpaired) electrons. The first kappa shape index (κ1) is 11.3. The van der Waals surface area contributed by atoms with Crippen LogP contribution < -0.4 is 5.32 Å². The topological polar surface area (TPSA) is 12.0 Å². The molecule has 1 aliphatic carbocycles. The molecule has 1 fully saturated rings. The molecule has 92 valence electrons. The molecule has 1 heteroatoms. The molecule has 0 amide bonds. The average molecular weight is 229 g/mol. The number of fused-ring (bicyclic) bond motifs is 1. The van der Waals surface area contributed by atoms with E-state index < -0.39 is 0 Å². The van der Waals surface area contributed by atoms with Crippen LogP contribution in [0.4, 0.5) is 0 Å². The highest BCUT2D eigenvalue weighted by Crippen LogP contribution is 2.32. The number of benzene rings is 1. The molecule has 17 heavy (non-hydrogen) atoms. The highest BCUT2D eigenvalue weighted by molar-refractivity contribution is 5.36. The van der Waals surface area contributed by atoms with Gasteiger partial charge in [0, 0.05) is 0 Å². The maximum Gasteiger partial charge on any atom is -0.00169 e. The lowest BCUT2D eigenvalue weighted by atomic mass is 9.82. The summed E-state index contributed by atoms with van der Waals surface area (Å²) in [7, 11) is 0. The summed E-state index contributed by atoms with van der Waals surface area (Å²) in [6.45, 7) is 4.82. The van der Waals surface area contributed by atoms with E-state index in [1.165, 1.54) is 45.2 Å². The highest BCUT2D eigenvalue weighted by Gasteiger charge is 2.19. The van der Waals surface area contributed by atoms with Crippen LogP contribution in [0.5, 0.6) is 0 Å². The van der Waals surface area contributed by atoms with Gasteiger partial charge in [-0.3, -0.25) is 0 Å².